The largest absolute Gasteiger partial charge is 0.370 e. The first-order valence-corrected chi connectivity index (χ1v) is 5.47. The summed E-state index contributed by atoms with van der Waals surface area (Å²) in [7, 11) is 0. The van der Waals surface area contributed by atoms with E-state index in [9.17, 15) is 14.3 Å². The summed E-state index contributed by atoms with van der Waals surface area (Å²) in [6, 6.07) is 7.47. The van der Waals surface area contributed by atoms with Crippen LogP contribution in [0.1, 0.15) is 16.7 Å². The molecule has 2 heterocycles. The maximum atomic E-state index is 13.1. The average molecular weight is 247 g/mol. The van der Waals surface area contributed by atoms with Crippen LogP contribution < -0.4 is 5.32 Å². The van der Waals surface area contributed by atoms with Crippen molar-refractivity contribution in [1.29, 1.82) is 0 Å². The van der Waals surface area contributed by atoms with Crippen molar-refractivity contribution >= 4 is 5.91 Å². The van der Waals surface area contributed by atoms with E-state index in [0.717, 1.165) is 0 Å². The minimum absolute atomic E-state index is 0.121. The van der Waals surface area contributed by atoms with Gasteiger partial charge < -0.3 is 10.4 Å². The van der Waals surface area contributed by atoms with E-state index in [1.54, 1.807) is 12.1 Å². The zero-order valence-corrected chi connectivity index (χ0v) is 9.30. The number of amides is 1. The predicted octanol–water partition coefficient (Wildman–Crippen LogP) is 0.923. The Labute approximate surface area is 102 Å². The Morgan fingerprint density at radius 3 is 3.00 bits per heavy atom. The minimum Gasteiger partial charge on any atom is -0.370 e. The van der Waals surface area contributed by atoms with Crippen molar-refractivity contribution < 1.29 is 14.3 Å². The maximum Gasteiger partial charge on any atom is 0.269 e. The molecule has 1 atom stereocenters. The fraction of sp³-hybridized carbons (Fsp3) is 0.167. The number of carbonyl (C=O) groups excluding carboxylic acids is 1. The van der Waals surface area contributed by atoms with Crippen molar-refractivity contribution in [3.8, 4) is 11.3 Å². The fourth-order valence-corrected chi connectivity index (χ4v) is 1.94. The second-order valence-corrected chi connectivity index (χ2v) is 4.06. The lowest BCUT2D eigenvalue weighted by Gasteiger charge is -2.19. The molecular weight excluding hydrogens is 237 g/mol. The monoisotopic (exact) mass is 247 g/mol. The number of aliphatic hydroxyl groups is 1. The van der Waals surface area contributed by atoms with Gasteiger partial charge in [0, 0.05) is 5.56 Å². The topological polar surface area (TPSA) is 67.2 Å². The highest BCUT2D eigenvalue weighted by Crippen LogP contribution is 2.23. The maximum absolute atomic E-state index is 13.1. The van der Waals surface area contributed by atoms with Crippen LogP contribution in [0.15, 0.2) is 30.3 Å². The van der Waals surface area contributed by atoms with E-state index in [1.165, 1.54) is 22.9 Å². The number of nitrogens with one attached hydrogen (secondary N) is 1. The first-order valence-electron chi connectivity index (χ1n) is 5.47. The molecular formula is C12H10FN3O2. The van der Waals surface area contributed by atoms with Gasteiger partial charge in [-0.15, -0.1) is 0 Å². The number of halogens is 1. The summed E-state index contributed by atoms with van der Waals surface area (Å²) in [4.78, 5) is 11.6. The van der Waals surface area contributed by atoms with Crippen LogP contribution in [0.25, 0.3) is 11.3 Å². The van der Waals surface area contributed by atoms with Crippen LogP contribution >= 0.6 is 0 Å². The first kappa shape index (κ1) is 10.9. The zero-order valence-electron chi connectivity index (χ0n) is 9.30. The third-order valence-corrected chi connectivity index (χ3v) is 2.82. The van der Waals surface area contributed by atoms with Gasteiger partial charge in [-0.05, 0) is 18.2 Å². The number of β-amino-alcohol motifs (C(OH)–C–C–N with tert-alkyl or cyclic N) is 1. The van der Waals surface area contributed by atoms with Crippen molar-refractivity contribution in [2.75, 3.05) is 6.54 Å². The molecule has 0 fully saturated rings. The Bertz CT molecular complexity index is 624. The highest BCUT2D eigenvalue weighted by molar-refractivity contribution is 5.94. The van der Waals surface area contributed by atoms with Gasteiger partial charge in [0.2, 0.25) is 0 Å². The Kier molecular flexibility index (Phi) is 2.38. The van der Waals surface area contributed by atoms with Gasteiger partial charge in [0.15, 0.2) is 6.23 Å². The van der Waals surface area contributed by atoms with Crippen molar-refractivity contribution in [2.24, 2.45) is 0 Å². The Morgan fingerprint density at radius 1 is 1.44 bits per heavy atom. The number of hydrogen-bond acceptors (Lipinski definition) is 3. The van der Waals surface area contributed by atoms with E-state index in [1.807, 2.05) is 0 Å². The molecule has 0 unspecified atom stereocenters. The zero-order chi connectivity index (χ0) is 12.7. The third-order valence-electron chi connectivity index (χ3n) is 2.82. The van der Waals surface area contributed by atoms with Crippen LogP contribution in [0, 0.1) is 5.82 Å². The lowest BCUT2D eigenvalue weighted by Crippen LogP contribution is -2.39. The third kappa shape index (κ3) is 1.67. The minimum atomic E-state index is -0.889. The number of fused-ring (bicyclic) bond motifs is 1. The van der Waals surface area contributed by atoms with Crippen molar-refractivity contribution in [3.63, 3.8) is 0 Å². The van der Waals surface area contributed by atoms with E-state index in [2.05, 4.69) is 10.4 Å². The Morgan fingerprint density at radius 2 is 2.28 bits per heavy atom. The molecule has 0 aliphatic carbocycles. The smallest absolute Gasteiger partial charge is 0.269 e. The molecule has 6 heteroatoms. The van der Waals surface area contributed by atoms with Gasteiger partial charge in [0.25, 0.3) is 5.91 Å². The molecule has 1 aliphatic heterocycles. The standard InChI is InChI=1S/C12H10FN3O2/c13-8-3-1-2-7(4-8)9-5-10-12(18)14-6-11(17)16(10)15-9/h1-5,11,17H,6H2,(H,14,18)/t11-/m0/s1. The SMILES string of the molecule is O=C1NC[C@H](O)n2nc(-c3cccc(F)c3)cc21. The summed E-state index contributed by atoms with van der Waals surface area (Å²) in [5, 5.41) is 16.4. The van der Waals surface area contributed by atoms with E-state index >= 15 is 0 Å². The second-order valence-electron chi connectivity index (χ2n) is 4.06. The molecule has 0 saturated carbocycles. The van der Waals surface area contributed by atoms with Crippen molar-refractivity contribution in [2.45, 2.75) is 6.23 Å². The molecule has 18 heavy (non-hydrogen) atoms. The Hall–Kier alpha value is -2.21. The normalized spacial score (nSPS) is 18.3. The van der Waals surface area contributed by atoms with Crippen LogP contribution in [0.3, 0.4) is 0 Å². The molecule has 2 N–H and O–H groups in total. The highest BCUT2D eigenvalue weighted by Gasteiger charge is 2.25. The summed E-state index contributed by atoms with van der Waals surface area (Å²) >= 11 is 0. The molecule has 92 valence electrons. The number of aliphatic hydroxyl groups excluding tert-OH is 1. The van der Waals surface area contributed by atoms with Gasteiger partial charge in [-0.25, -0.2) is 9.07 Å². The number of carbonyl (C=O) groups is 1. The van der Waals surface area contributed by atoms with E-state index in [-0.39, 0.29) is 24.0 Å². The molecule has 1 aliphatic rings. The second kappa shape index (κ2) is 3.92. The molecule has 0 saturated heterocycles. The highest BCUT2D eigenvalue weighted by atomic mass is 19.1. The van der Waals surface area contributed by atoms with E-state index in [0.29, 0.717) is 11.3 Å². The molecule has 1 aromatic heterocycles. The summed E-state index contributed by atoms with van der Waals surface area (Å²) in [6.07, 6.45) is -0.889. The van der Waals surface area contributed by atoms with Crippen LogP contribution in [-0.2, 0) is 0 Å². The lowest BCUT2D eigenvalue weighted by atomic mass is 10.1. The fourth-order valence-electron chi connectivity index (χ4n) is 1.94. The summed E-state index contributed by atoms with van der Waals surface area (Å²) < 4.78 is 14.4. The molecule has 0 bridgehead atoms. The average Bonchev–Trinajstić information content (AvgIpc) is 2.80. The molecule has 0 spiro atoms. The lowest BCUT2D eigenvalue weighted by molar-refractivity contribution is 0.0594. The van der Waals surface area contributed by atoms with Crippen LogP contribution in [0.5, 0.6) is 0 Å². The summed E-state index contributed by atoms with van der Waals surface area (Å²) in [6.45, 7) is 0.121. The molecule has 0 radical (unpaired) electrons. The molecule has 5 nitrogen and oxygen atoms in total. The number of hydrogen-bond donors (Lipinski definition) is 2. The van der Waals surface area contributed by atoms with Crippen molar-refractivity contribution in [1.82, 2.24) is 15.1 Å². The number of rotatable bonds is 1. The van der Waals surface area contributed by atoms with Crippen LogP contribution in [0.2, 0.25) is 0 Å². The van der Waals surface area contributed by atoms with Gasteiger partial charge in [0.05, 0.1) is 12.2 Å². The van der Waals surface area contributed by atoms with Crippen LogP contribution in [-0.4, -0.2) is 27.3 Å². The van der Waals surface area contributed by atoms with Gasteiger partial charge in [-0.3, -0.25) is 4.79 Å². The van der Waals surface area contributed by atoms with Gasteiger partial charge >= 0.3 is 0 Å². The number of benzene rings is 1. The van der Waals surface area contributed by atoms with E-state index in [4.69, 9.17) is 0 Å². The number of nitrogens with zero attached hydrogens (tertiary/aromatic N) is 2. The summed E-state index contributed by atoms with van der Waals surface area (Å²) in [5.41, 5.74) is 1.30. The van der Waals surface area contributed by atoms with Gasteiger partial charge in [-0.2, -0.15) is 5.10 Å². The molecule has 1 amide bonds. The Balaban J connectivity index is 2.10. The molecule has 1 aromatic carbocycles. The quantitative estimate of drug-likeness (QED) is 0.787. The number of aromatic nitrogens is 2. The first-order chi connectivity index (χ1) is 8.65. The molecule has 2 aromatic rings. The van der Waals surface area contributed by atoms with E-state index < -0.39 is 6.23 Å². The molecule has 3 rings (SSSR count). The van der Waals surface area contributed by atoms with Gasteiger partial charge in [-0.1, -0.05) is 12.1 Å². The van der Waals surface area contributed by atoms with Gasteiger partial charge in [0.1, 0.15) is 11.5 Å². The van der Waals surface area contributed by atoms with Crippen LogP contribution in [0.4, 0.5) is 4.39 Å². The summed E-state index contributed by atoms with van der Waals surface area (Å²) in [5.74, 6) is -0.668. The van der Waals surface area contributed by atoms with Crippen molar-refractivity contribution in [3.05, 3.63) is 41.8 Å². The predicted molar refractivity (Wildman–Crippen MR) is 61.2 cm³/mol.